The number of carbonyl (C=O) groups is 1. The number of nitrogens with zero attached hydrogens (tertiary/aromatic N) is 2. The molecular weight excluding hydrogens is 464 g/mol. The summed E-state index contributed by atoms with van der Waals surface area (Å²) >= 11 is 0. The molecule has 1 aromatic carbocycles. The summed E-state index contributed by atoms with van der Waals surface area (Å²) in [5, 5.41) is 1.86. The molecule has 3 aromatic rings. The summed E-state index contributed by atoms with van der Waals surface area (Å²) in [7, 11) is 0. The number of hydrogen-bond acceptors (Lipinski definition) is 5. The normalized spacial score (nSPS) is 27.8. The second-order valence-corrected chi connectivity index (χ2v) is 12.0. The molecule has 5 heterocycles. The van der Waals surface area contributed by atoms with Crippen molar-refractivity contribution in [3.05, 3.63) is 56.7 Å². The lowest BCUT2D eigenvalue weighted by Gasteiger charge is -2.54. The van der Waals surface area contributed by atoms with Crippen LogP contribution in [0.25, 0.3) is 21.9 Å². The molecule has 6 heteroatoms. The van der Waals surface area contributed by atoms with Crippen molar-refractivity contribution in [3.8, 4) is 0 Å². The number of rotatable bonds is 2. The van der Waals surface area contributed by atoms with Gasteiger partial charge < -0.3 is 13.7 Å². The van der Waals surface area contributed by atoms with E-state index in [0.29, 0.717) is 29.0 Å². The van der Waals surface area contributed by atoms with Crippen LogP contribution in [0.1, 0.15) is 60.8 Å². The van der Waals surface area contributed by atoms with Crippen molar-refractivity contribution in [1.29, 1.82) is 0 Å². The lowest BCUT2D eigenvalue weighted by Crippen LogP contribution is -2.60. The quantitative estimate of drug-likeness (QED) is 0.347. The van der Waals surface area contributed by atoms with E-state index in [1.807, 2.05) is 26.8 Å². The molecule has 3 aliphatic heterocycles. The van der Waals surface area contributed by atoms with Crippen LogP contribution in [0.5, 0.6) is 0 Å². The van der Waals surface area contributed by atoms with Crippen molar-refractivity contribution in [3.63, 3.8) is 0 Å². The number of amides is 1. The number of carbonyl (C=O) groups excluding carboxylic acids is 1. The molecule has 0 spiro atoms. The van der Waals surface area contributed by atoms with Crippen molar-refractivity contribution in [1.82, 2.24) is 9.80 Å². The third kappa shape index (κ3) is 3.55. The number of aryl methyl sites for hydroxylation is 3. The Balaban J connectivity index is 1.24. The molecule has 4 atom stereocenters. The molecule has 0 saturated carbocycles. The predicted molar refractivity (Wildman–Crippen MR) is 144 cm³/mol. The third-order valence-electron chi connectivity index (χ3n) is 9.77. The Bertz CT molecular complexity index is 1510. The Morgan fingerprint density at radius 2 is 1.95 bits per heavy atom. The van der Waals surface area contributed by atoms with Crippen LogP contribution in [0.15, 0.2) is 37.6 Å². The highest BCUT2D eigenvalue weighted by atomic mass is 16.4. The van der Waals surface area contributed by atoms with E-state index in [1.54, 1.807) is 6.26 Å². The van der Waals surface area contributed by atoms with E-state index in [4.69, 9.17) is 8.83 Å². The zero-order valence-corrected chi connectivity index (χ0v) is 22.1. The molecule has 4 unspecified atom stereocenters. The van der Waals surface area contributed by atoms with Gasteiger partial charge in [0.05, 0.1) is 29.7 Å². The van der Waals surface area contributed by atoms with Crippen LogP contribution in [0.3, 0.4) is 0 Å². The summed E-state index contributed by atoms with van der Waals surface area (Å²) in [6, 6.07) is 2.78. The summed E-state index contributed by atoms with van der Waals surface area (Å²) in [6.45, 7) is 9.02. The first-order valence-electron chi connectivity index (χ1n) is 14.1. The molecule has 2 bridgehead atoms. The number of benzene rings is 1. The predicted octanol–water partition coefficient (Wildman–Crippen LogP) is 5.43. The topological polar surface area (TPSA) is 66.9 Å². The zero-order chi connectivity index (χ0) is 25.4. The summed E-state index contributed by atoms with van der Waals surface area (Å²) < 4.78 is 11.7. The smallest absolute Gasteiger partial charge is 0.340 e. The standard InChI is InChI=1S/C31H36N2O4/c1-17-11-25-28(30-27(17)18(2)16-36-30)19(3)23(31(35)37-25)14-26(34)33-10-6-7-20-12-21-13-22(29(20)33)15-32-9-5-4-8-24(21)32/h11-12,16,21-22,24,29H,4-10,13-15H2,1-3H3. The summed E-state index contributed by atoms with van der Waals surface area (Å²) in [6.07, 6.45) is 11.6. The fourth-order valence-electron chi connectivity index (χ4n) is 8.18. The van der Waals surface area contributed by atoms with Gasteiger partial charge >= 0.3 is 5.63 Å². The van der Waals surface area contributed by atoms with Crippen molar-refractivity contribution in [2.24, 2.45) is 11.8 Å². The van der Waals surface area contributed by atoms with E-state index < -0.39 is 5.63 Å². The van der Waals surface area contributed by atoms with E-state index in [1.165, 1.54) is 37.8 Å². The summed E-state index contributed by atoms with van der Waals surface area (Å²) in [4.78, 5) is 31.9. The van der Waals surface area contributed by atoms with E-state index in [2.05, 4.69) is 15.9 Å². The van der Waals surface area contributed by atoms with Crippen molar-refractivity contribution in [2.45, 2.75) is 77.8 Å². The molecule has 3 saturated heterocycles. The van der Waals surface area contributed by atoms with Gasteiger partial charge in [-0.2, -0.15) is 0 Å². The molecule has 0 radical (unpaired) electrons. The maximum absolute atomic E-state index is 13.9. The molecular formula is C31H36N2O4. The average Bonchev–Trinajstić information content (AvgIpc) is 3.27. The van der Waals surface area contributed by atoms with Gasteiger partial charge in [-0.15, -0.1) is 0 Å². The second kappa shape index (κ2) is 8.59. The van der Waals surface area contributed by atoms with E-state index in [-0.39, 0.29) is 18.4 Å². The Morgan fingerprint density at radius 3 is 2.81 bits per heavy atom. The van der Waals surface area contributed by atoms with Gasteiger partial charge in [0.25, 0.3) is 0 Å². The molecule has 1 aliphatic carbocycles. The fraction of sp³-hybridized carbons (Fsp3) is 0.548. The molecule has 2 aromatic heterocycles. The molecule has 0 N–H and O–H groups in total. The van der Waals surface area contributed by atoms with Crippen molar-refractivity contribution in [2.75, 3.05) is 19.6 Å². The minimum Gasteiger partial charge on any atom is -0.463 e. The molecule has 3 fully saturated rings. The summed E-state index contributed by atoms with van der Waals surface area (Å²) in [5.74, 6) is 1.17. The maximum Gasteiger partial charge on any atom is 0.340 e. The van der Waals surface area contributed by atoms with Gasteiger partial charge in [-0.25, -0.2) is 4.79 Å². The van der Waals surface area contributed by atoms with Gasteiger partial charge in [0.15, 0.2) is 0 Å². The van der Waals surface area contributed by atoms with E-state index in [9.17, 15) is 9.59 Å². The molecule has 194 valence electrons. The lowest BCUT2D eigenvalue weighted by atomic mass is 9.68. The van der Waals surface area contributed by atoms with E-state index >= 15 is 0 Å². The van der Waals surface area contributed by atoms with Gasteiger partial charge in [-0.3, -0.25) is 9.69 Å². The number of fused-ring (bicyclic) bond motifs is 9. The van der Waals surface area contributed by atoms with Gasteiger partial charge in [-0.1, -0.05) is 18.1 Å². The highest BCUT2D eigenvalue weighted by Gasteiger charge is 2.47. The minimum atomic E-state index is -0.411. The van der Waals surface area contributed by atoms with Crippen LogP contribution in [0.4, 0.5) is 0 Å². The van der Waals surface area contributed by atoms with Crippen LogP contribution in [-0.2, 0) is 11.2 Å². The van der Waals surface area contributed by atoms with Crippen LogP contribution in [0, 0.1) is 32.6 Å². The van der Waals surface area contributed by atoms with Crippen LogP contribution in [-0.4, -0.2) is 47.4 Å². The fourth-order valence-corrected chi connectivity index (χ4v) is 8.18. The van der Waals surface area contributed by atoms with Gasteiger partial charge in [0, 0.05) is 24.5 Å². The van der Waals surface area contributed by atoms with Crippen LogP contribution in [0.2, 0.25) is 0 Å². The second-order valence-electron chi connectivity index (χ2n) is 12.0. The summed E-state index contributed by atoms with van der Waals surface area (Å²) in [5.41, 5.74) is 5.66. The van der Waals surface area contributed by atoms with Crippen LogP contribution >= 0.6 is 0 Å². The maximum atomic E-state index is 13.9. The van der Waals surface area contributed by atoms with Crippen molar-refractivity contribution >= 4 is 27.8 Å². The molecule has 1 amide bonds. The SMILES string of the molecule is Cc1coc2c1c(C)cc1oc(=O)c(CC(=O)N3CCCC4=CC5CC(CN6CCCCC56)C43)c(C)c12. The number of furan rings is 1. The van der Waals surface area contributed by atoms with Gasteiger partial charge in [0.1, 0.15) is 11.2 Å². The first kappa shape index (κ1) is 23.3. The molecule has 6 nitrogen and oxygen atoms in total. The first-order valence-corrected chi connectivity index (χ1v) is 14.1. The Hall–Kier alpha value is -2.86. The number of likely N-dealkylation sites (tertiary alicyclic amines) is 1. The molecule has 4 aliphatic rings. The Kier molecular flexibility index (Phi) is 5.40. The number of piperidine rings is 3. The number of hydrogen-bond donors (Lipinski definition) is 0. The largest absolute Gasteiger partial charge is 0.463 e. The molecule has 7 rings (SSSR count). The highest BCUT2D eigenvalue weighted by molar-refractivity contribution is 6.07. The van der Waals surface area contributed by atoms with E-state index in [0.717, 1.165) is 59.0 Å². The monoisotopic (exact) mass is 500 g/mol. The molecule has 37 heavy (non-hydrogen) atoms. The highest BCUT2D eigenvalue weighted by Crippen LogP contribution is 2.45. The zero-order valence-electron chi connectivity index (χ0n) is 22.1. The lowest BCUT2D eigenvalue weighted by molar-refractivity contribution is -0.135. The van der Waals surface area contributed by atoms with Gasteiger partial charge in [0.2, 0.25) is 5.91 Å². The van der Waals surface area contributed by atoms with Gasteiger partial charge in [-0.05, 0) is 94.0 Å². The first-order chi connectivity index (χ1) is 17.9. The van der Waals surface area contributed by atoms with Crippen molar-refractivity contribution < 1.29 is 13.6 Å². The van der Waals surface area contributed by atoms with Crippen LogP contribution < -0.4 is 5.63 Å². The minimum absolute atomic E-state index is 0.0450. The Labute approximate surface area is 217 Å². The Morgan fingerprint density at radius 1 is 1.08 bits per heavy atom. The third-order valence-corrected chi connectivity index (χ3v) is 9.77. The average molecular weight is 501 g/mol.